The predicted molar refractivity (Wildman–Crippen MR) is 69.0 cm³/mol. The minimum Gasteiger partial charge on any atom is -0.384 e. The molecule has 1 aromatic heterocycles. The van der Waals surface area contributed by atoms with Crippen molar-refractivity contribution in [1.82, 2.24) is 9.71 Å². The van der Waals surface area contributed by atoms with Gasteiger partial charge in [-0.2, -0.15) is 0 Å². The van der Waals surface area contributed by atoms with Gasteiger partial charge in [0.15, 0.2) is 11.6 Å². The van der Waals surface area contributed by atoms with Gasteiger partial charge in [0.25, 0.3) is 0 Å². The summed E-state index contributed by atoms with van der Waals surface area (Å²) in [5.41, 5.74) is 5.70. The van der Waals surface area contributed by atoms with Crippen molar-refractivity contribution in [2.75, 3.05) is 5.73 Å². The lowest BCUT2D eigenvalue weighted by molar-refractivity contribution is 0.506. The SMILES string of the molecule is Nc1cc(S(=O)(=O)NCc2ccc(F)c(F)c2)ccn1. The van der Waals surface area contributed by atoms with E-state index in [-0.39, 0.29) is 17.3 Å². The van der Waals surface area contributed by atoms with Crippen LogP contribution in [0.15, 0.2) is 41.4 Å². The van der Waals surface area contributed by atoms with Gasteiger partial charge in [0.2, 0.25) is 10.0 Å². The molecule has 106 valence electrons. The summed E-state index contributed by atoms with van der Waals surface area (Å²) in [5.74, 6) is -1.95. The van der Waals surface area contributed by atoms with Crippen LogP contribution in [0.1, 0.15) is 5.56 Å². The second-order valence-corrected chi connectivity index (χ2v) is 5.76. The summed E-state index contributed by atoms with van der Waals surface area (Å²) in [6, 6.07) is 5.64. The highest BCUT2D eigenvalue weighted by Crippen LogP contribution is 2.12. The molecule has 20 heavy (non-hydrogen) atoms. The Balaban J connectivity index is 2.15. The molecule has 5 nitrogen and oxygen atoms in total. The molecule has 0 radical (unpaired) electrons. The number of anilines is 1. The standard InChI is InChI=1S/C12H11F2N3O2S/c13-10-2-1-8(5-11(10)14)7-17-20(18,19)9-3-4-16-12(15)6-9/h1-6,17H,7H2,(H2,15,16). The van der Waals surface area contributed by atoms with Gasteiger partial charge in [-0.15, -0.1) is 0 Å². The highest BCUT2D eigenvalue weighted by Gasteiger charge is 2.14. The third-order valence-corrected chi connectivity index (χ3v) is 3.91. The van der Waals surface area contributed by atoms with E-state index < -0.39 is 21.7 Å². The lowest BCUT2D eigenvalue weighted by Crippen LogP contribution is -2.23. The molecular weight excluding hydrogens is 288 g/mol. The van der Waals surface area contributed by atoms with Crippen molar-refractivity contribution in [2.45, 2.75) is 11.4 Å². The van der Waals surface area contributed by atoms with Gasteiger partial charge >= 0.3 is 0 Å². The summed E-state index contributed by atoms with van der Waals surface area (Å²) < 4.78 is 51.9. The van der Waals surface area contributed by atoms with Crippen LogP contribution in [0.4, 0.5) is 14.6 Å². The molecule has 2 aromatic rings. The van der Waals surface area contributed by atoms with Gasteiger partial charge in [-0.3, -0.25) is 0 Å². The Morgan fingerprint density at radius 3 is 2.55 bits per heavy atom. The molecule has 2 rings (SSSR count). The molecule has 0 atom stereocenters. The molecule has 3 N–H and O–H groups in total. The average molecular weight is 299 g/mol. The lowest BCUT2D eigenvalue weighted by Gasteiger charge is -2.07. The van der Waals surface area contributed by atoms with E-state index in [1.54, 1.807) is 0 Å². The van der Waals surface area contributed by atoms with E-state index in [4.69, 9.17) is 5.73 Å². The van der Waals surface area contributed by atoms with Crippen LogP contribution in [0.3, 0.4) is 0 Å². The maximum atomic E-state index is 13.0. The monoisotopic (exact) mass is 299 g/mol. The van der Waals surface area contributed by atoms with E-state index in [2.05, 4.69) is 9.71 Å². The van der Waals surface area contributed by atoms with Crippen LogP contribution in [-0.4, -0.2) is 13.4 Å². The number of nitrogen functional groups attached to an aromatic ring is 1. The van der Waals surface area contributed by atoms with Gasteiger partial charge in [0.05, 0.1) is 4.90 Å². The zero-order valence-electron chi connectivity index (χ0n) is 10.2. The summed E-state index contributed by atoms with van der Waals surface area (Å²) in [7, 11) is -3.79. The van der Waals surface area contributed by atoms with Crippen molar-refractivity contribution in [1.29, 1.82) is 0 Å². The van der Waals surface area contributed by atoms with Crippen LogP contribution in [0.25, 0.3) is 0 Å². The summed E-state index contributed by atoms with van der Waals surface area (Å²) >= 11 is 0. The molecule has 0 saturated heterocycles. The smallest absolute Gasteiger partial charge is 0.241 e. The quantitative estimate of drug-likeness (QED) is 0.894. The zero-order valence-corrected chi connectivity index (χ0v) is 11.0. The first-order valence-electron chi connectivity index (χ1n) is 5.53. The van der Waals surface area contributed by atoms with Crippen LogP contribution in [0.2, 0.25) is 0 Å². The van der Waals surface area contributed by atoms with Crippen LogP contribution >= 0.6 is 0 Å². The number of sulfonamides is 1. The number of aromatic nitrogens is 1. The molecule has 0 bridgehead atoms. The number of hydrogen-bond acceptors (Lipinski definition) is 4. The number of benzene rings is 1. The highest BCUT2D eigenvalue weighted by molar-refractivity contribution is 7.89. The fourth-order valence-corrected chi connectivity index (χ4v) is 2.55. The third-order valence-electron chi connectivity index (χ3n) is 2.51. The van der Waals surface area contributed by atoms with Gasteiger partial charge in [0.1, 0.15) is 5.82 Å². The Morgan fingerprint density at radius 2 is 1.90 bits per heavy atom. The molecule has 0 aliphatic carbocycles. The van der Waals surface area contributed by atoms with Crippen LogP contribution < -0.4 is 10.5 Å². The first kappa shape index (κ1) is 14.4. The number of nitrogens with two attached hydrogens (primary N) is 1. The summed E-state index contributed by atoms with van der Waals surface area (Å²) in [4.78, 5) is 3.64. The minimum atomic E-state index is -3.79. The molecule has 0 aliphatic rings. The topological polar surface area (TPSA) is 85.1 Å². The fourth-order valence-electron chi connectivity index (χ4n) is 1.51. The van der Waals surface area contributed by atoms with E-state index in [1.165, 1.54) is 24.4 Å². The van der Waals surface area contributed by atoms with Crippen molar-refractivity contribution in [3.05, 3.63) is 53.7 Å². The summed E-state index contributed by atoms with van der Waals surface area (Å²) in [5, 5.41) is 0. The Kier molecular flexibility index (Phi) is 3.96. The van der Waals surface area contributed by atoms with Gasteiger partial charge in [0, 0.05) is 18.8 Å². The van der Waals surface area contributed by atoms with Crippen molar-refractivity contribution in [2.24, 2.45) is 0 Å². The molecule has 0 amide bonds. The molecular formula is C12H11F2N3O2S. The normalized spacial score (nSPS) is 11.5. The Labute approximate surface area is 114 Å². The van der Waals surface area contributed by atoms with Gasteiger partial charge in [-0.25, -0.2) is 26.9 Å². The minimum absolute atomic E-state index is 0.0485. The second kappa shape index (κ2) is 5.51. The van der Waals surface area contributed by atoms with Gasteiger partial charge in [-0.05, 0) is 23.8 Å². The largest absolute Gasteiger partial charge is 0.384 e. The first-order valence-corrected chi connectivity index (χ1v) is 7.02. The van der Waals surface area contributed by atoms with E-state index in [1.807, 2.05) is 0 Å². The molecule has 0 saturated carbocycles. The number of hydrogen-bond donors (Lipinski definition) is 2. The number of rotatable bonds is 4. The van der Waals surface area contributed by atoms with Gasteiger partial charge < -0.3 is 5.73 Å². The van der Waals surface area contributed by atoms with Crippen molar-refractivity contribution in [3.63, 3.8) is 0 Å². The molecule has 0 unspecified atom stereocenters. The average Bonchev–Trinajstić information content (AvgIpc) is 2.40. The third kappa shape index (κ3) is 3.28. The van der Waals surface area contributed by atoms with E-state index in [0.29, 0.717) is 5.56 Å². The van der Waals surface area contributed by atoms with E-state index in [9.17, 15) is 17.2 Å². The Bertz CT molecular complexity index is 735. The number of nitrogens with one attached hydrogen (secondary N) is 1. The van der Waals surface area contributed by atoms with Crippen LogP contribution in [0.5, 0.6) is 0 Å². The first-order chi connectivity index (χ1) is 9.38. The fraction of sp³-hybridized carbons (Fsp3) is 0.0833. The molecule has 8 heteroatoms. The molecule has 1 heterocycles. The lowest BCUT2D eigenvalue weighted by atomic mass is 10.2. The molecule has 0 aliphatic heterocycles. The maximum Gasteiger partial charge on any atom is 0.241 e. The summed E-state index contributed by atoms with van der Waals surface area (Å²) in [6.45, 7) is -0.165. The van der Waals surface area contributed by atoms with Crippen LogP contribution in [-0.2, 0) is 16.6 Å². The Morgan fingerprint density at radius 1 is 1.15 bits per heavy atom. The van der Waals surface area contributed by atoms with Crippen molar-refractivity contribution >= 4 is 15.8 Å². The number of halogens is 2. The zero-order chi connectivity index (χ0) is 14.8. The molecule has 0 fully saturated rings. The van der Waals surface area contributed by atoms with Crippen LogP contribution in [0, 0.1) is 11.6 Å². The van der Waals surface area contributed by atoms with E-state index in [0.717, 1.165) is 12.1 Å². The highest BCUT2D eigenvalue weighted by atomic mass is 32.2. The second-order valence-electron chi connectivity index (χ2n) is 3.99. The summed E-state index contributed by atoms with van der Waals surface area (Å²) in [6.07, 6.45) is 1.27. The number of pyridine rings is 1. The van der Waals surface area contributed by atoms with E-state index >= 15 is 0 Å². The predicted octanol–water partition coefficient (Wildman–Crippen LogP) is 1.42. The molecule has 1 aromatic carbocycles. The maximum absolute atomic E-state index is 13.0. The van der Waals surface area contributed by atoms with Gasteiger partial charge in [-0.1, -0.05) is 6.07 Å². The molecule has 0 spiro atoms. The van der Waals surface area contributed by atoms with Crippen molar-refractivity contribution < 1.29 is 17.2 Å². The Hall–Kier alpha value is -2.06. The van der Waals surface area contributed by atoms with Crippen molar-refractivity contribution in [3.8, 4) is 0 Å². The number of nitrogens with zero attached hydrogens (tertiary/aromatic N) is 1.